The Bertz CT molecular complexity index is 437. The summed E-state index contributed by atoms with van der Waals surface area (Å²) in [5.74, 6) is 0.0715. The van der Waals surface area contributed by atoms with Gasteiger partial charge in [0.2, 0.25) is 0 Å². The lowest BCUT2D eigenvalue weighted by Gasteiger charge is -2.15. The first-order chi connectivity index (χ1) is 7.59. The summed E-state index contributed by atoms with van der Waals surface area (Å²) in [5.41, 5.74) is 1.75. The molecule has 0 unspecified atom stereocenters. The van der Waals surface area contributed by atoms with E-state index in [1.165, 1.54) is 0 Å². The van der Waals surface area contributed by atoms with Crippen LogP contribution >= 0.6 is 0 Å². The minimum Gasteiger partial charge on any atom is -0.327 e. The smallest absolute Gasteiger partial charge is 0.254 e. The summed E-state index contributed by atoms with van der Waals surface area (Å²) in [7, 11) is 0. The highest BCUT2D eigenvalue weighted by Crippen LogP contribution is 2.22. The third-order valence-corrected chi connectivity index (χ3v) is 2.89. The maximum atomic E-state index is 11.9. The van der Waals surface area contributed by atoms with Crippen LogP contribution in [0.3, 0.4) is 0 Å². The maximum Gasteiger partial charge on any atom is 0.254 e. The van der Waals surface area contributed by atoms with E-state index >= 15 is 0 Å². The Morgan fingerprint density at radius 3 is 2.69 bits per heavy atom. The van der Waals surface area contributed by atoms with Crippen molar-refractivity contribution in [3.63, 3.8) is 0 Å². The number of carbonyl (C=O) groups excluding carboxylic acids is 2. The monoisotopic (exact) mass is 217 g/mol. The molecule has 0 saturated heterocycles. The lowest BCUT2D eigenvalue weighted by atomic mass is 10.1. The summed E-state index contributed by atoms with van der Waals surface area (Å²) in [6, 6.07) is 7.52. The Labute approximate surface area is 95.1 Å². The molecule has 0 aliphatic carbocycles. The number of hydrogen-bond acceptors (Lipinski definition) is 2. The molecule has 0 fully saturated rings. The first kappa shape index (κ1) is 10.9. The van der Waals surface area contributed by atoms with Crippen LogP contribution < -0.4 is 0 Å². The van der Waals surface area contributed by atoms with Crippen molar-refractivity contribution in [1.82, 2.24) is 4.90 Å². The molecule has 84 valence electrons. The molecule has 3 heteroatoms. The second-order valence-electron chi connectivity index (χ2n) is 4.44. The summed E-state index contributed by atoms with van der Waals surface area (Å²) in [5, 5.41) is 0. The van der Waals surface area contributed by atoms with Gasteiger partial charge in [0.05, 0.1) is 6.54 Å². The number of ketones is 1. The summed E-state index contributed by atoms with van der Waals surface area (Å²) < 4.78 is 0. The van der Waals surface area contributed by atoms with Crippen molar-refractivity contribution in [2.45, 2.75) is 20.4 Å². The average molecular weight is 217 g/mol. The van der Waals surface area contributed by atoms with Crippen molar-refractivity contribution in [3.05, 3.63) is 35.4 Å². The zero-order valence-electron chi connectivity index (χ0n) is 9.56. The fourth-order valence-corrected chi connectivity index (χ4v) is 1.81. The Morgan fingerprint density at radius 2 is 2.06 bits per heavy atom. The van der Waals surface area contributed by atoms with Crippen LogP contribution in [0.15, 0.2) is 24.3 Å². The van der Waals surface area contributed by atoms with Gasteiger partial charge in [0.1, 0.15) is 0 Å². The molecule has 0 saturated carbocycles. The summed E-state index contributed by atoms with van der Waals surface area (Å²) in [6.45, 7) is 4.50. The molecular weight excluding hydrogens is 202 g/mol. The Balaban J connectivity index is 2.13. The van der Waals surface area contributed by atoms with Gasteiger partial charge in [-0.25, -0.2) is 0 Å². The minimum absolute atomic E-state index is 0.0171. The van der Waals surface area contributed by atoms with Crippen LogP contribution in [0.4, 0.5) is 0 Å². The van der Waals surface area contributed by atoms with Gasteiger partial charge in [0.15, 0.2) is 5.78 Å². The highest BCUT2D eigenvalue weighted by Gasteiger charge is 2.28. The van der Waals surface area contributed by atoms with E-state index in [2.05, 4.69) is 0 Å². The number of carbonyl (C=O) groups is 2. The summed E-state index contributed by atoms with van der Waals surface area (Å²) >= 11 is 0. The van der Waals surface area contributed by atoms with E-state index < -0.39 is 0 Å². The maximum absolute atomic E-state index is 11.9. The molecule has 1 aliphatic rings. The Kier molecular flexibility index (Phi) is 2.77. The quantitative estimate of drug-likeness (QED) is 0.775. The molecule has 1 aromatic rings. The van der Waals surface area contributed by atoms with E-state index in [1.807, 2.05) is 38.1 Å². The Morgan fingerprint density at radius 1 is 1.38 bits per heavy atom. The molecule has 3 nitrogen and oxygen atoms in total. The van der Waals surface area contributed by atoms with Gasteiger partial charge in [-0.2, -0.15) is 0 Å². The number of fused-ring (bicyclic) bond motifs is 1. The molecule has 1 amide bonds. The van der Waals surface area contributed by atoms with E-state index in [-0.39, 0.29) is 24.2 Å². The van der Waals surface area contributed by atoms with Crippen molar-refractivity contribution in [1.29, 1.82) is 0 Å². The number of hydrogen-bond donors (Lipinski definition) is 0. The lowest BCUT2D eigenvalue weighted by molar-refractivity contribution is -0.122. The minimum atomic E-state index is -0.0235. The average Bonchev–Trinajstić information content (AvgIpc) is 2.56. The fraction of sp³-hybridized carbons (Fsp3) is 0.385. The molecule has 2 rings (SSSR count). The van der Waals surface area contributed by atoms with Crippen LogP contribution in [-0.4, -0.2) is 23.1 Å². The first-order valence-electron chi connectivity index (χ1n) is 5.49. The van der Waals surface area contributed by atoms with Crippen LogP contribution in [-0.2, 0) is 11.3 Å². The second kappa shape index (κ2) is 4.08. The van der Waals surface area contributed by atoms with E-state index in [1.54, 1.807) is 4.90 Å². The molecule has 16 heavy (non-hydrogen) atoms. The van der Waals surface area contributed by atoms with E-state index in [0.717, 1.165) is 11.1 Å². The predicted molar refractivity (Wildman–Crippen MR) is 61.0 cm³/mol. The third kappa shape index (κ3) is 1.85. The van der Waals surface area contributed by atoms with Crippen LogP contribution in [0, 0.1) is 5.92 Å². The zero-order valence-corrected chi connectivity index (χ0v) is 9.56. The fourth-order valence-electron chi connectivity index (χ4n) is 1.81. The third-order valence-electron chi connectivity index (χ3n) is 2.89. The van der Waals surface area contributed by atoms with Gasteiger partial charge in [0.25, 0.3) is 5.91 Å². The van der Waals surface area contributed by atoms with Crippen LogP contribution in [0.25, 0.3) is 0 Å². The van der Waals surface area contributed by atoms with E-state index in [0.29, 0.717) is 6.54 Å². The number of Topliss-reactive ketones (excluding diaryl/α,β-unsaturated/α-hetero) is 1. The molecule has 0 spiro atoms. The molecule has 0 bridgehead atoms. The van der Waals surface area contributed by atoms with E-state index in [4.69, 9.17) is 0 Å². The van der Waals surface area contributed by atoms with Crippen molar-refractivity contribution >= 4 is 11.7 Å². The van der Waals surface area contributed by atoms with Crippen LogP contribution in [0.5, 0.6) is 0 Å². The van der Waals surface area contributed by atoms with Gasteiger partial charge in [-0.15, -0.1) is 0 Å². The molecule has 0 N–H and O–H groups in total. The topological polar surface area (TPSA) is 37.4 Å². The zero-order chi connectivity index (χ0) is 11.7. The number of nitrogens with zero attached hydrogens (tertiary/aromatic N) is 1. The predicted octanol–water partition coefficient (Wildman–Crippen LogP) is 1.87. The number of benzene rings is 1. The molecular formula is C13H15NO2. The highest BCUT2D eigenvalue weighted by atomic mass is 16.2. The molecule has 1 heterocycles. The van der Waals surface area contributed by atoms with Gasteiger partial charge < -0.3 is 4.90 Å². The second-order valence-corrected chi connectivity index (χ2v) is 4.44. The summed E-state index contributed by atoms with van der Waals surface area (Å²) in [6.07, 6.45) is 0. The van der Waals surface area contributed by atoms with Crippen molar-refractivity contribution in [3.8, 4) is 0 Å². The van der Waals surface area contributed by atoms with E-state index in [9.17, 15) is 9.59 Å². The largest absolute Gasteiger partial charge is 0.327 e. The summed E-state index contributed by atoms with van der Waals surface area (Å²) in [4.78, 5) is 25.1. The lowest BCUT2D eigenvalue weighted by Crippen LogP contribution is -2.32. The normalized spacial score (nSPS) is 14.4. The van der Waals surface area contributed by atoms with Gasteiger partial charge in [-0.3, -0.25) is 9.59 Å². The van der Waals surface area contributed by atoms with Crippen LogP contribution in [0.1, 0.15) is 29.8 Å². The molecule has 0 aromatic heterocycles. The molecule has 0 atom stereocenters. The SMILES string of the molecule is CC(C)C(=O)CN1Cc2ccccc2C1=O. The molecule has 1 aromatic carbocycles. The van der Waals surface area contributed by atoms with Crippen molar-refractivity contribution in [2.75, 3.05) is 6.54 Å². The number of amides is 1. The van der Waals surface area contributed by atoms with Gasteiger partial charge in [-0.1, -0.05) is 32.0 Å². The van der Waals surface area contributed by atoms with Gasteiger partial charge in [0, 0.05) is 18.0 Å². The standard InChI is InChI=1S/C13H15NO2/c1-9(2)12(15)8-14-7-10-5-3-4-6-11(10)13(14)16/h3-6,9H,7-8H2,1-2H3. The van der Waals surface area contributed by atoms with Gasteiger partial charge >= 0.3 is 0 Å². The van der Waals surface area contributed by atoms with Gasteiger partial charge in [-0.05, 0) is 11.6 Å². The van der Waals surface area contributed by atoms with Crippen LogP contribution in [0.2, 0.25) is 0 Å². The van der Waals surface area contributed by atoms with Crippen molar-refractivity contribution in [2.24, 2.45) is 5.92 Å². The molecule has 1 aliphatic heterocycles. The number of rotatable bonds is 3. The molecule has 0 radical (unpaired) electrons. The first-order valence-corrected chi connectivity index (χ1v) is 5.49. The van der Waals surface area contributed by atoms with Crippen molar-refractivity contribution < 1.29 is 9.59 Å². The highest BCUT2D eigenvalue weighted by molar-refractivity contribution is 6.00. The Hall–Kier alpha value is -1.64.